The van der Waals surface area contributed by atoms with Crippen molar-refractivity contribution >= 4 is 16.7 Å². The Morgan fingerprint density at radius 3 is 2.59 bits per heavy atom. The summed E-state index contributed by atoms with van der Waals surface area (Å²) in [5.41, 5.74) is 1.23. The maximum atomic E-state index is 12.8. The Morgan fingerprint density at radius 2 is 2.05 bits per heavy atom. The van der Waals surface area contributed by atoms with Gasteiger partial charge in [-0.15, -0.1) is 0 Å². The second-order valence-electron chi connectivity index (χ2n) is 6.10. The highest BCUT2D eigenvalue weighted by atomic mass is 32.2. The summed E-state index contributed by atoms with van der Waals surface area (Å²) in [6, 6.07) is 0. The molecule has 1 atom stereocenters. The number of nitrogens with zero attached hydrogens (tertiary/aromatic N) is 2. The minimum Gasteiger partial charge on any atom is -0.336 e. The number of nitrogens with one attached hydrogen (secondary N) is 1. The molecule has 1 N–H and O–H groups in total. The first-order chi connectivity index (χ1) is 10.3. The Kier molecular flexibility index (Phi) is 4.84. The van der Waals surface area contributed by atoms with Gasteiger partial charge in [-0.05, 0) is 32.3 Å². The number of hydrogen-bond donors (Lipinski definition) is 1. The molecule has 1 amide bonds. The van der Waals surface area contributed by atoms with Crippen LogP contribution in [0.1, 0.15) is 49.3 Å². The monoisotopic (exact) mass is 325 g/mol. The van der Waals surface area contributed by atoms with Crippen LogP contribution in [0.15, 0.2) is 4.79 Å². The molecule has 0 unspecified atom stereocenters. The number of carbonyl (C=O) groups is 1. The van der Waals surface area contributed by atoms with Gasteiger partial charge >= 0.3 is 0 Å². The first-order valence-electron chi connectivity index (χ1n) is 7.60. The smallest absolute Gasteiger partial charge is 0.277 e. The molecule has 22 heavy (non-hydrogen) atoms. The van der Waals surface area contributed by atoms with Crippen molar-refractivity contribution in [3.8, 4) is 0 Å². The fourth-order valence-corrected chi connectivity index (χ4v) is 4.07. The molecule has 1 fully saturated rings. The zero-order chi connectivity index (χ0) is 16.5. The summed E-state index contributed by atoms with van der Waals surface area (Å²) in [4.78, 5) is 26.6. The molecule has 0 saturated carbocycles. The lowest BCUT2D eigenvalue weighted by molar-refractivity contribution is 0.0742. The van der Waals surface area contributed by atoms with Gasteiger partial charge in [0.25, 0.3) is 11.5 Å². The van der Waals surface area contributed by atoms with E-state index in [0.717, 1.165) is 11.3 Å². The van der Waals surface area contributed by atoms with Crippen LogP contribution < -0.4 is 5.56 Å². The number of aryl methyl sites for hydroxylation is 1. The molecule has 6 nitrogen and oxygen atoms in total. The average molecular weight is 325 g/mol. The van der Waals surface area contributed by atoms with Crippen molar-refractivity contribution in [2.24, 2.45) is 0 Å². The van der Waals surface area contributed by atoms with E-state index in [-0.39, 0.29) is 11.5 Å². The molecule has 1 aliphatic rings. The maximum absolute atomic E-state index is 12.8. The minimum absolute atomic E-state index is 0.192. The van der Waals surface area contributed by atoms with Gasteiger partial charge in [0.2, 0.25) is 0 Å². The van der Waals surface area contributed by atoms with Crippen LogP contribution in [0, 0.1) is 0 Å². The van der Waals surface area contributed by atoms with Crippen molar-refractivity contribution in [2.75, 3.05) is 18.8 Å². The average Bonchev–Trinajstić information content (AvgIpc) is 2.48. The molecule has 1 aliphatic heterocycles. The lowest BCUT2D eigenvalue weighted by atomic mass is 10.0. The zero-order valence-electron chi connectivity index (χ0n) is 13.6. The van der Waals surface area contributed by atoms with Gasteiger partial charge in [-0.3, -0.25) is 13.8 Å². The summed E-state index contributed by atoms with van der Waals surface area (Å²) in [6.07, 6.45) is 1.25. The second kappa shape index (κ2) is 6.32. The van der Waals surface area contributed by atoms with E-state index in [1.807, 2.05) is 27.7 Å². The van der Waals surface area contributed by atoms with E-state index >= 15 is 0 Å². The Balaban J connectivity index is 2.42. The van der Waals surface area contributed by atoms with Gasteiger partial charge in [-0.1, -0.05) is 13.8 Å². The highest BCUT2D eigenvalue weighted by Gasteiger charge is 2.36. The molecule has 1 aromatic rings. The molecular formula is C15H23N3O3S. The summed E-state index contributed by atoms with van der Waals surface area (Å²) < 4.78 is 11.6. The highest BCUT2D eigenvalue weighted by molar-refractivity contribution is 7.86. The minimum atomic E-state index is -0.955. The topological polar surface area (TPSA) is 83.1 Å². The predicted molar refractivity (Wildman–Crippen MR) is 86.6 cm³/mol. The Hall–Kier alpha value is -1.50. The third-order valence-electron chi connectivity index (χ3n) is 4.09. The maximum Gasteiger partial charge on any atom is 0.277 e. The highest BCUT2D eigenvalue weighted by Crippen LogP contribution is 2.22. The molecule has 2 rings (SSSR count). The molecular weight excluding hydrogens is 302 g/mol. The van der Waals surface area contributed by atoms with Gasteiger partial charge < -0.3 is 4.90 Å². The van der Waals surface area contributed by atoms with Crippen LogP contribution in [0.5, 0.6) is 0 Å². The second-order valence-corrected chi connectivity index (χ2v) is 8.30. The number of aromatic nitrogens is 2. The summed E-state index contributed by atoms with van der Waals surface area (Å²) >= 11 is 0. The third kappa shape index (κ3) is 2.99. The molecule has 0 aromatic carbocycles. The number of hydrogen-bond acceptors (Lipinski definition) is 4. The number of H-pyrrole nitrogens is 1. The van der Waals surface area contributed by atoms with E-state index in [4.69, 9.17) is 0 Å². The van der Waals surface area contributed by atoms with Crippen molar-refractivity contribution in [1.82, 2.24) is 15.1 Å². The Morgan fingerprint density at radius 1 is 1.36 bits per heavy atom. The number of amides is 1. The van der Waals surface area contributed by atoms with Crippen molar-refractivity contribution in [2.45, 2.75) is 45.3 Å². The van der Waals surface area contributed by atoms with Gasteiger partial charge in [0.1, 0.15) is 5.56 Å². The van der Waals surface area contributed by atoms with E-state index < -0.39 is 21.1 Å². The first kappa shape index (κ1) is 16.9. The predicted octanol–water partition coefficient (Wildman–Crippen LogP) is 0.878. The van der Waals surface area contributed by atoms with Crippen molar-refractivity contribution in [3.63, 3.8) is 0 Å². The van der Waals surface area contributed by atoms with E-state index in [9.17, 15) is 13.8 Å². The molecule has 2 heterocycles. The zero-order valence-corrected chi connectivity index (χ0v) is 14.4. The number of rotatable bonds is 3. The Bertz CT molecular complexity index is 666. The molecule has 0 spiro atoms. The molecule has 1 aromatic heterocycles. The van der Waals surface area contributed by atoms with Gasteiger partial charge in [-0.2, -0.15) is 5.10 Å². The fraction of sp³-hybridized carbons (Fsp3) is 0.667. The lowest BCUT2D eigenvalue weighted by Gasteiger charge is -2.37. The third-order valence-corrected chi connectivity index (χ3v) is 6.01. The summed E-state index contributed by atoms with van der Waals surface area (Å²) in [7, 11) is -0.955. The van der Waals surface area contributed by atoms with Crippen LogP contribution in [0.4, 0.5) is 0 Å². The summed E-state index contributed by atoms with van der Waals surface area (Å²) in [5, 5.41) is 6.47. The number of aromatic amines is 1. The van der Waals surface area contributed by atoms with Crippen LogP contribution in [-0.2, 0) is 23.6 Å². The Labute approximate surface area is 132 Å². The lowest BCUT2D eigenvalue weighted by Crippen LogP contribution is -2.53. The largest absolute Gasteiger partial charge is 0.336 e. The normalized spacial score (nSPS) is 20.9. The van der Waals surface area contributed by atoms with Crippen molar-refractivity contribution < 1.29 is 9.00 Å². The molecule has 7 heteroatoms. The molecule has 0 bridgehead atoms. The van der Waals surface area contributed by atoms with Gasteiger partial charge in [0, 0.05) is 29.6 Å². The first-order valence-corrected chi connectivity index (χ1v) is 8.91. The van der Waals surface area contributed by atoms with Crippen LogP contribution >= 0.6 is 0 Å². The van der Waals surface area contributed by atoms with E-state index in [2.05, 4.69) is 10.2 Å². The van der Waals surface area contributed by atoms with E-state index in [0.29, 0.717) is 31.7 Å². The SMILES string of the molecule is CCc1n[nH]c(=O)c(C(=O)N2CC[S@](=O)C(C)(C)C2)c1CC. The fourth-order valence-electron chi connectivity index (χ4n) is 2.83. The van der Waals surface area contributed by atoms with Crippen LogP contribution in [0.25, 0.3) is 0 Å². The van der Waals surface area contributed by atoms with Crippen LogP contribution in [-0.4, -0.2) is 48.8 Å². The van der Waals surface area contributed by atoms with Crippen molar-refractivity contribution in [3.05, 3.63) is 27.2 Å². The van der Waals surface area contributed by atoms with Gasteiger partial charge in [-0.25, -0.2) is 5.10 Å². The molecule has 0 radical (unpaired) electrons. The van der Waals surface area contributed by atoms with E-state index in [1.165, 1.54) is 0 Å². The summed E-state index contributed by atoms with van der Waals surface area (Å²) in [6.45, 7) is 8.45. The molecule has 0 aliphatic carbocycles. The van der Waals surface area contributed by atoms with E-state index in [1.54, 1.807) is 4.90 Å². The van der Waals surface area contributed by atoms with Gasteiger partial charge in [0.15, 0.2) is 0 Å². The summed E-state index contributed by atoms with van der Waals surface area (Å²) in [5.74, 6) is 0.170. The van der Waals surface area contributed by atoms with Crippen molar-refractivity contribution in [1.29, 1.82) is 0 Å². The van der Waals surface area contributed by atoms with Gasteiger partial charge in [0.05, 0.1) is 10.4 Å². The van der Waals surface area contributed by atoms with Crippen LogP contribution in [0.3, 0.4) is 0 Å². The van der Waals surface area contributed by atoms with Crippen LogP contribution in [0.2, 0.25) is 0 Å². The standard InChI is InChI=1S/C15H23N3O3S/c1-5-10-11(6-2)16-17-13(19)12(10)14(20)18-7-8-22(21)15(3,4)9-18/h5-9H2,1-4H3,(H,17,19)/t22-/m0/s1. The molecule has 1 saturated heterocycles. The number of carbonyl (C=O) groups excluding carboxylic acids is 1. The molecule has 122 valence electrons. The quantitative estimate of drug-likeness (QED) is 0.894.